The fourth-order valence-electron chi connectivity index (χ4n) is 1.64. The first kappa shape index (κ1) is 15.9. The summed E-state index contributed by atoms with van der Waals surface area (Å²) in [6, 6.07) is 0.324. The fourth-order valence-corrected chi connectivity index (χ4v) is 1.64. The molecule has 1 aliphatic carbocycles. The van der Waals surface area contributed by atoms with Crippen LogP contribution in [0.5, 0.6) is 0 Å². The Morgan fingerprint density at radius 3 is 2.47 bits per heavy atom. The number of amides is 2. The molecular formula is C13H25N3O3. The molecule has 1 saturated carbocycles. The van der Waals surface area contributed by atoms with Crippen LogP contribution in [0.4, 0.5) is 0 Å². The van der Waals surface area contributed by atoms with Crippen molar-refractivity contribution in [2.45, 2.75) is 38.3 Å². The minimum absolute atomic E-state index is 0.0842. The quantitative estimate of drug-likeness (QED) is 0.620. The third kappa shape index (κ3) is 7.12. The Balaban J connectivity index is 2.20. The van der Waals surface area contributed by atoms with E-state index in [0.29, 0.717) is 19.0 Å². The highest BCUT2D eigenvalue weighted by atomic mass is 16.3. The van der Waals surface area contributed by atoms with Gasteiger partial charge in [0, 0.05) is 19.6 Å². The molecule has 110 valence electrons. The van der Waals surface area contributed by atoms with Crippen molar-refractivity contribution in [3.8, 4) is 0 Å². The van der Waals surface area contributed by atoms with Gasteiger partial charge in [0.15, 0.2) is 0 Å². The van der Waals surface area contributed by atoms with Crippen LogP contribution in [0.15, 0.2) is 0 Å². The van der Waals surface area contributed by atoms with Gasteiger partial charge in [-0.05, 0) is 33.2 Å². The van der Waals surface area contributed by atoms with E-state index in [9.17, 15) is 14.7 Å². The number of nitrogens with one attached hydrogen (secondary N) is 1. The molecule has 0 saturated heterocycles. The lowest BCUT2D eigenvalue weighted by atomic mass is 10.3. The van der Waals surface area contributed by atoms with Crippen LogP contribution in [-0.4, -0.2) is 72.6 Å². The van der Waals surface area contributed by atoms with Crippen molar-refractivity contribution in [2.24, 2.45) is 0 Å². The number of rotatable bonds is 8. The van der Waals surface area contributed by atoms with Crippen molar-refractivity contribution in [3.63, 3.8) is 0 Å². The zero-order chi connectivity index (χ0) is 14.4. The van der Waals surface area contributed by atoms with Crippen molar-refractivity contribution in [3.05, 3.63) is 0 Å². The van der Waals surface area contributed by atoms with Crippen molar-refractivity contribution >= 4 is 11.8 Å². The summed E-state index contributed by atoms with van der Waals surface area (Å²) < 4.78 is 0. The van der Waals surface area contributed by atoms with E-state index in [1.165, 1.54) is 4.90 Å². The second-order valence-electron chi connectivity index (χ2n) is 5.47. The molecular weight excluding hydrogens is 246 g/mol. The van der Waals surface area contributed by atoms with Crippen LogP contribution < -0.4 is 5.32 Å². The summed E-state index contributed by atoms with van der Waals surface area (Å²) in [5.74, 6) is -0.177. The number of likely N-dealkylation sites (N-methyl/N-ethyl adjacent to an activating group) is 2. The number of hydrogen-bond acceptors (Lipinski definition) is 4. The van der Waals surface area contributed by atoms with Gasteiger partial charge < -0.3 is 15.3 Å². The maximum absolute atomic E-state index is 11.9. The number of hydrogen-bond donors (Lipinski definition) is 2. The number of carbonyl (C=O) groups is 2. The van der Waals surface area contributed by atoms with Gasteiger partial charge in [-0.3, -0.25) is 14.5 Å². The van der Waals surface area contributed by atoms with E-state index in [2.05, 4.69) is 5.32 Å². The van der Waals surface area contributed by atoms with Crippen molar-refractivity contribution < 1.29 is 14.7 Å². The second kappa shape index (κ2) is 7.45. The summed E-state index contributed by atoms with van der Waals surface area (Å²) in [5, 5.41) is 12.0. The average molecular weight is 271 g/mol. The van der Waals surface area contributed by atoms with Gasteiger partial charge in [0.05, 0.1) is 19.2 Å². The highest BCUT2D eigenvalue weighted by molar-refractivity contribution is 5.85. The molecule has 0 heterocycles. The van der Waals surface area contributed by atoms with Gasteiger partial charge >= 0.3 is 0 Å². The molecule has 0 aromatic carbocycles. The maximum atomic E-state index is 11.9. The first-order valence-corrected chi connectivity index (χ1v) is 6.78. The summed E-state index contributed by atoms with van der Waals surface area (Å²) in [7, 11) is 3.47. The minimum atomic E-state index is -0.361. The fraction of sp³-hybridized carbons (Fsp3) is 0.846. The Kier molecular flexibility index (Phi) is 6.24. The van der Waals surface area contributed by atoms with Crippen LogP contribution in [0.2, 0.25) is 0 Å². The van der Waals surface area contributed by atoms with Gasteiger partial charge in [-0.1, -0.05) is 0 Å². The molecule has 1 unspecified atom stereocenters. The largest absolute Gasteiger partial charge is 0.393 e. The Morgan fingerprint density at radius 2 is 1.95 bits per heavy atom. The van der Waals surface area contributed by atoms with Crippen LogP contribution in [0, 0.1) is 0 Å². The first-order chi connectivity index (χ1) is 8.88. The third-order valence-electron chi connectivity index (χ3n) is 3.08. The van der Waals surface area contributed by atoms with Crippen LogP contribution in [0.3, 0.4) is 0 Å². The number of carbonyl (C=O) groups excluding carboxylic acids is 2. The third-order valence-corrected chi connectivity index (χ3v) is 3.08. The molecule has 1 rings (SSSR count). The molecule has 0 aromatic rings. The minimum Gasteiger partial charge on any atom is -0.393 e. The lowest BCUT2D eigenvalue weighted by Crippen LogP contribution is -2.43. The molecule has 2 amide bonds. The zero-order valence-electron chi connectivity index (χ0n) is 12.1. The molecule has 6 heteroatoms. The lowest BCUT2D eigenvalue weighted by Gasteiger charge is -2.22. The molecule has 1 atom stereocenters. The summed E-state index contributed by atoms with van der Waals surface area (Å²) in [4.78, 5) is 26.7. The standard InChI is InChI=1S/C13H25N3O3/c1-10(17)6-7-15(2)9-13(19)16(3)8-12(18)14-11-4-5-11/h10-11,17H,4-9H2,1-3H3,(H,14,18). The topological polar surface area (TPSA) is 72.9 Å². The smallest absolute Gasteiger partial charge is 0.239 e. The van der Waals surface area contributed by atoms with E-state index in [-0.39, 0.29) is 31.0 Å². The lowest BCUT2D eigenvalue weighted by molar-refractivity contribution is -0.135. The van der Waals surface area contributed by atoms with Crippen LogP contribution in [0.25, 0.3) is 0 Å². The van der Waals surface area contributed by atoms with Gasteiger partial charge in [-0.15, -0.1) is 0 Å². The normalized spacial score (nSPS) is 16.3. The van der Waals surface area contributed by atoms with Gasteiger partial charge in [0.2, 0.25) is 11.8 Å². The maximum Gasteiger partial charge on any atom is 0.239 e. The molecule has 0 bridgehead atoms. The van der Waals surface area contributed by atoms with Gasteiger partial charge in [0.1, 0.15) is 0 Å². The van der Waals surface area contributed by atoms with Crippen molar-refractivity contribution in [2.75, 3.05) is 33.7 Å². The van der Waals surface area contributed by atoms with Crippen LogP contribution >= 0.6 is 0 Å². The van der Waals surface area contributed by atoms with Crippen LogP contribution in [-0.2, 0) is 9.59 Å². The molecule has 0 radical (unpaired) electrons. The highest BCUT2D eigenvalue weighted by Crippen LogP contribution is 2.18. The summed E-state index contributed by atoms with van der Waals surface area (Å²) in [6.07, 6.45) is 2.37. The van der Waals surface area contributed by atoms with E-state index in [4.69, 9.17) is 0 Å². The molecule has 1 fully saturated rings. The van der Waals surface area contributed by atoms with Gasteiger partial charge in [-0.2, -0.15) is 0 Å². The average Bonchev–Trinajstić information content (AvgIpc) is 3.09. The van der Waals surface area contributed by atoms with Gasteiger partial charge in [-0.25, -0.2) is 0 Å². The SMILES string of the molecule is CC(O)CCN(C)CC(=O)N(C)CC(=O)NC1CC1. The Labute approximate surface area is 114 Å². The van der Waals surface area contributed by atoms with Crippen molar-refractivity contribution in [1.29, 1.82) is 0 Å². The molecule has 0 spiro atoms. The molecule has 19 heavy (non-hydrogen) atoms. The van der Waals surface area contributed by atoms with E-state index >= 15 is 0 Å². The molecule has 2 N–H and O–H groups in total. The van der Waals surface area contributed by atoms with Crippen molar-refractivity contribution in [1.82, 2.24) is 15.1 Å². The Bertz CT molecular complexity index is 316. The summed E-state index contributed by atoms with van der Waals surface area (Å²) >= 11 is 0. The zero-order valence-corrected chi connectivity index (χ0v) is 12.1. The Hall–Kier alpha value is -1.14. The monoisotopic (exact) mass is 271 g/mol. The molecule has 0 aliphatic heterocycles. The molecule has 0 aromatic heterocycles. The first-order valence-electron chi connectivity index (χ1n) is 6.78. The van der Waals surface area contributed by atoms with E-state index in [1.807, 2.05) is 11.9 Å². The predicted molar refractivity (Wildman–Crippen MR) is 72.6 cm³/mol. The van der Waals surface area contributed by atoms with E-state index < -0.39 is 0 Å². The Morgan fingerprint density at radius 1 is 1.32 bits per heavy atom. The number of nitrogens with zero attached hydrogens (tertiary/aromatic N) is 2. The molecule has 1 aliphatic rings. The number of aliphatic hydroxyl groups excluding tert-OH is 1. The molecule has 6 nitrogen and oxygen atoms in total. The predicted octanol–water partition coefficient (Wildman–Crippen LogP) is -0.574. The number of aliphatic hydroxyl groups is 1. The van der Waals surface area contributed by atoms with Gasteiger partial charge in [0.25, 0.3) is 0 Å². The second-order valence-corrected chi connectivity index (χ2v) is 5.47. The highest BCUT2D eigenvalue weighted by Gasteiger charge is 2.24. The van der Waals surface area contributed by atoms with E-state index in [1.54, 1.807) is 14.0 Å². The van der Waals surface area contributed by atoms with Crippen LogP contribution in [0.1, 0.15) is 26.2 Å². The van der Waals surface area contributed by atoms with E-state index in [0.717, 1.165) is 12.8 Å². The summed E-state index contributed by atoms with van der Waals surface area (Å²) in [5.41, 5.74) is 0. The summed E-state index contributed by atoms with van der Waals surface area (Å²) in [6.45, 7) is 2.76.